The highest BCUT2D eigenvalue weighted by Gasteiger charge is 2.23. The maximum Gasteiger partial charge on any atom is 0.407 e. The zero-order valence-electron chi connectivity index (χ0n) is 11.5. The van der Waals surface area contributed by atoms with Crippen molar-refractivity contribution >= 4 is 11.9 Å². The Morgan fingerprint density at radius 3 is 2.35 bits per heavy atom. The number of nitrogens with zero attached hydrogens (tertiary/aromatic N) is 1. The molecule has 0 atom stereocenters. The summed E-state index contributed by atoms with van der Waals surface area (Å²) in [6.45, 7) is 2.60. The van der Waals surface area contributed by atoms with Crippen LogP contribution in [0.3, 0.4) is 0 Å². The van der Waals surface area contributed by atoms with Crippen molar-refractivity contribution in [2.24, 2.45) is 0 Å². The molecule has 1 heterocycles. The number of carboxylic acid groups (broad SMARTS) is 1. The number of benzene rings is 1. The van der Waals surface area contributed by atoms with E-state index in [1.807, 2.05) is 24.3 Å². The summed E-state index contributed by atoms with van der Waals surface area (Å²) >= 11 is 0. The van der Waals surface area contributed by atoms with E-state index in [9.17, 15) is 9.59 Å². The van der Waals surface area contributed by atoms with Crippen LogP contribution in [0.5, 0.6) is 5.75 Å². The molecule has 1 aromatic carbocycles. The van der Waals surface area contributed by atoms with Crippen molar-refractivity contribution in [2.75, 3.05) is 13.1 Å². The summed E-state index contributed by atoms with van der Waals surface area (Å²) in [7, 11) is 0. The van der Waals surface area contributed by atoms with Gasteiger partial charge < -0.3 is 14.7 Å². The molecule has 0 aliphatic carbocycles. The molecule has 1 aliphatic rings. The second-order valence-corrected chi connectivity index (χ2v) is 5.11. The molecule has 20 heavy (non-hydrogen) atoms. The van der Waals surface area contributed by atoms with Crippen LogP contribution in [-0.4, -0.2) is 41.1 Å². The Kier molecular flexibility index (Phi) is 4.61. The van der Waals surface area contributed by atoms with Crippen LogP contribution in [0.15, 0.2) is 24.3 Å². The predicted molar refractivity (Wildman–Crippen MR) is 74.1 cm³/mol. The minimum absolute atomic E-state index is 0.0595. The van der Waals surface area contributed by atoms with E-state index >= 15 is 0 Å². The van der Waals surface area contributed by atoms with Gasteiger partial charge in [0.05, 0.1) is 0 Å². The van der Waals surface area contributed by atoms with Crippen LogP contribution in [-0.2, 0) is 11.2 Å². The minimum atomic E-state index is -0.864. The minimum Gasteiger partial charge on any atom is -0.490 e. The molecule has 1 amide bonds. The van der Waals surface area contributed by atoms with Gasteiger partial charge in [0.15, 0.2) is 0 Å². The number of Topliss-reactive ketones (excluding diaryl/α,β-unsaturated/α-hetero) is 1. The van der Waals surface area contributed by atoms with Gasteiger partial charge >= 0.3 is 6.09 Å². The largest absolute Gasteiger partial charge is 0.490 e. The Bertz CT molecular complexity index is 475. The second kappa shape index (κ2) is 6.41. The first kappa shape index (κ1) is 14.4. The van der Waals surface area contributed by atoms with Crippen molar-refractivity contribution in [3.05, 3.63) is 29.8 Å². The quantitative estimate of drug-likeness (QED) is 0.917. The summed E-state index contributed by atoms with van der Waals surface area (Å²) in [5, 5.41) is 8.87. The Hall–Kier alpha value is -2.04. The SMILES string of the molecule is CC(=O)Cc1ccc(OC2CCN(C(=O)O)CC2)cc1. The standard InChI is InChI=1S/C15H19NO4/c1-11(17)10-12-2-4-13(5-3-12)20-14-6-8-16(9-7-14)15(18)19/h2-5,14H,6-10H2,1H3,(H,18,19). The third kappa shape index (κ3) is 3.98. The Morgan fingerprint density at radius 2 is 1.85 bits per heavy atom. The van der Waals surface area contributed by atoms with E-state index in [0.29, 0.717) is 32.4 Å². The number of piperidine rings is 1. The molecule has 1 N–H and O–H groups in total. The maximum absolute atomic E-state index is 11.0. The summed E-state index contributed by atoms with van der Waals surface area (Å²) in [6.07, 6.45) is 1.06. The fourth-order valence-electron chi connectivity index (χ4n) is 2.33. The fraction of sp³-hybridized carbons (Fsp3) is 0.467. The van der Waals surface area contributed by atoms with Crippen molar-refractivity contribution in [2.45, 2.75) is 32.3 Å². The lowest BCUT2D eigenvalue weighted by Crippen LogP contribution is -2.41. The van der Waals surface area contributed by atoms with Gasteiger partial charge in [0.25, 0.3) is 0 Å². The molecular formula is C15H19NO4. The molecule has 2 rings (SSSR count). The predicted octanol–water partition coefficient (Wildman–Crippen LogP) is 2.34. The van der Waals surface area contributed by atoms with Gasteiger partial charge in [0, 0.05) is 32.4 Å². The maximum atomic E-state index is 11.0. The van der Waals surface area contributed by atoms with Gasteiger partial charge in [-0.15, -0.1) is 0 Å². The third-order valence-corrected chi connectivity index (χ3v) is 3.39. The fourth-order valence-corrected chi connectivity index (χ4v) is 2.33. The van der Waals surface area contributed by atoms with Gasteiger partial charge in [-0.1, -0.05) is 12.1 Å². The molecule has 0 spiro atoms. The number of ketones is 1. The van der Waals surface area contributed by atoms with Crippen LogP contribution >= 0.6 is 0 Å². The van der Waals surface area contributed by atoms with Gasteiger partial charge in [-0.2, -0.15) is 0 Å². The monoisotopic (exact) mass is 277 g/mol. The van der Waals surface area contributed by atoms with Gasteiger partial charge in [0.1, 0.15) is 17.6 Å². The summed E-state index contributed by atoms with van der Waals surface area (Å²) in [4.78, 5) is 23.2. The topological polar surface area (TPSA) is 66.8 Å². The molecule has 0 bridgehead atoms. The van der Waals surface area contributed by atoms with E-state index in [-0.39, 0.29) is 11.9 Å². The van der Waals surface area contributed by atoms with Crippen LogP contribution in [0.25, 0.3) is 0 Å². The van der Waals surface area contributed by atoms with Crippen molar-refractivity contribution in [3.63, 3.8) is 0 Å². The smallest absolute Gasteiger partial charge is 0.407 e. The lowest BCUT2D eigenvalue weighted by atomic mass is 10.1. The Labute approximate surface area is 118 Å². The van der Waals surface area contributed by atoms with Gasteiger partial charge in [0.2, 0.25) is 0 Å². The first-order valence-electron chi connectivity index (χ1n) is 6.77. The summed E-state index contributed by atoms with van der Waals surface area (Å²) in [6, 6.07) is 7.51. The van der Waals surface area contributed by atoms with Crippen molar-refractivity contribution in [1.82, 2.24) is 4.90 Å². The first-order valence-corrected chi connectivity index (χ1v) is 6.77. The average Bonchev–Trinajstić information content (AvgIpc) is 2.41. The lowest BCUT2D eigenvalue weighted by Gasteiger charge is -2.30. The van der Waals surface area contributed by atoms with Crippen molar-refractivity contribution in [1.29, 1.82) is 0 Å². The van der Waals surface area contributed by atoms with E-state index < -0.39 is 6.09 Å². The molecule has 108 valence electrons. The molecule has 1 aliphatic heterocycles. The number of likely N-dealkylation sites (tertiary alicyclic amines) is 1. The van der Waals surface area contributed by atoms with E-state index in [4.69, 9.17) is 9.84 Å². The van der Waals surface area contributed by atoms with E-state index in [2.05, 4.69) is 0 Å². The zero-order chi connectivity index (χ0) is 14.5. The molecule has 5 nitrogen and oxygen atoms in total. The molecule has 1 fully saturated rings. The third-order valence-electron chi connectivity index (χ3n) is 3.39. The van der Waals surface area contributed by atoms with E-state index in [1.54, 1.807) is 6.92 Å². The van der Waals surface area contributed by atoms with E-state index in [0.717, 1.165) is 11.3 Å². The Balaban J connectivity index is 1.85. The van der Waals surface area contributed by atoms with Crippen molar-refractivity contribution < 1.29 is 19.4 Å². The highest BCUT2D eigenvalue weighted by molar-refractivity contribution is 5.78. The van der Waals surface area contributed by atoms with Gasteiger partial charge in [-0.25, -0.2) is 4.79 Å². The number of carbonyl (C=O) groups excluding carboxylic acids is 1. The van der Waals surface area contributed by atoms with Crippen LogP contribution < -0.4 is 4.74 Å². The first-order chi connectivity index (χ1) is 9.54. The number of hydrogen-bond acceptors (Lipinski definition) is 3. The van der Waals surface area contributed by atoms with Crippen LogP contribution in [0.2, 0.25) is 0 Å². The number of ether oxygens (including phenoxy) is 1. The molecule has 0 unspecified atom stereocenters. The van der Waals surface area contributed by atoms with Crippen LogP contribution in [0.4, 0.5) is 4.79 Å². The normalized spacial score (nSPS) is 15.9. The Morgan fingerprint density at radius 1 is 1.25 bits per heavy atom. The van der Waals surface area contributed by atoms with Crippen molar-refractivity contribution in [3.8, 4) is 5.75 Å². The average molecular weight is 277 g/mol. The molecular weight excluding hydrogens is 258 g/mol. The molecule has 1 saturated heterocycles. The lowest BCUT2D eigenvalue weighted by molar-refractivity contribution is -0.116. The number of carbonyl (C=O) groups is 2. The summed E-state index contributed by atoms with van der Waals surface area (Å²) in [5.74, 6) is 0.908. The van der Waals surface area contributed by atoms with Gasteiger partial charge in [-0.3, -0.25) is 4.79 Å². The van der Waals surface area contributed by atoms with Gasteiger partial charge in [-0.05, 0) is 24.6 Å². The summed E-state index contributed by atoms with van der Waals surface area (Å²) < 4.78 is 5.84. The molecule has 0 aromatic heterocycles. The molecule has 5 heteroatoms. The summed E-state index contributed by atoms with van der Waals surface area (Å²) in [5.41, 5.74) is 0.977. The highest BCUT2D eigenvalue weighted by atomic mass is 16.5. The molecule has 1 aromatic rings. The van der Waals surface area contributed by atoms with Crippen LogP contribution in [0, 0.1) is 0 Å². The molecule has 0 radical (unpaired) electrons. The number of rotatable bonds is 4. The number of amides is 1. The molecule has 0 saturated carbocycles. The van der Waals surface area contributed by atoms with Crippen LogP contribution in [0.1, 0.15) is 25.3 Å². The zero-order valence-corrected chi connectivity index (χ0v) is 11.5. The second-order valence-electron chi connectivity index (χ2n) is 5.11. The van der Waals surface area contributed by atoms with E-state index in [1.165, 1.54) is 4.90 Å². The number of hydrogen-bond donors (Lipinski definition) is 1. The highest BCUT2D eigenvalue weighted by Crippen LogP contribution is 2.20.